The molecule has 0 aliphatic carbocycles. The van der Waals surface area contributed by atoms with Gasteiger partial charge in [-0.15, -0.1) is 0 Å². The number of carbonyl (C=O) groups is 2. The van der Waals surface area contributed by atoms with Gasteiger partial charge >= 0.3 is 5.97 Å². The summed E-state index contributed by atoms with van der Waals surface area (Å²) in [6.45, 7) is 0.0816. The molecule has 148 valence electrons. The van der Waals surface area contributed by atoms with Crippen LogP contribution >= 0.6 is 0 Å². The highest BCUT2D eigenvalue weighted by Crippen LogP contribution is 2.24. The second kappa shape index (κ2) is 8.93. The highest BCUT2D eigenvalue weighted by Gasteiger charge is 2.18. The molecule has 0 saturated carbocycles. The van der Waals surface area contributed by atoms with Gasteiger partial charge in [0.05, 0.1) is 32.3 Å². The third-order valence-corrected chi connectivity index (χ3v) is 4.48. The number of hydrogen-bond donors (Lipinski definition) is 0. The van der Waals surface area contributed by atoms with Gasteiger partial charge in [0, 0.05) is 35.3 Å². The quantitative estimate of drug-likeness (QED) is 0.430. The van der Waals surface area contributed by atoms with E-state index in [1.54, 1.807) is 12.3 Å². The molecule has 0 aliphatic rings. The molecule has 0 saturated heterocycles. The molecule has 2 aromatic carbocycles. The van der Waals surface area contributed by atoms with Gasteiger partial charge in [0.1, 0.15) is 11.5 Å². The maximum atomic E-state index is 12.7. The standard InChI is InChI=1S/C22H20N2O5/c1-27-16-10-15(11-17(12-16)28-2)22(26)29-14-21(25)19-13-24(9-5-8-23)20-7-4-3-6-18(19)20/h3-4,6-7,10-13H,5,9,14H2,1-2H3. The topological polar surface area (TPSA) is 90.6 Å². The van der Waals surface area contributed by atoms with E-state index in [0.29, 0.717) is 30.0 Å². The maximum Gasteiger partial charge on any atom is 0.338 e. The summed E-state index contributed by atoms with van der Waals surface area (Å²) in [4.78, 5) is 25.1. The van der Waals surface area contributed by atoms with E-state index in [-0.39, 0.29) is 11.3 Å². The summed E-state index contributed by atoms with van der Waals surface area (Å²) in [5, 5.41) is 9.60. The Morgan fingerprint density at radius 1 is 1.07 bits per heavy atom. The number of nitriles is 1. The summed E-state index contributed by atoms with van der Waals surface area (Å²) in [5.41, 5.74) is 1.54. The van der Waals surface area contributed by atoms with Crippen LogP contribution in [0.25, 0.3) is 10.9 Å². The molecule has 0 bridgehead atoms. The van der Waals surface area contributed by atoms with Gasteiger partial charge in [-0.2, -0.15) is 5.26 Å². The summed E-state index contributed by atoms with van der Waals surface area (Å²) in [5.74, 6) is -0.0738. The SMILES string of the molecule is COc1cc(OC)cc(C(=O)OCC(=O)c2cn(CCC#N)c3ccccc23)c1. The minimum absolute atomic E-state index is 0.227. The minimum atomic E-state index is -0.649. The number of methoxy groups -OCH3 is 2. The Balaban J connectivity index is 1.78. The zero-order valence-corrected chi connectivity index (χ0v) is 16.2. The van der Waals surface area contributed by atoms with Gasteiger partial charge < -0.3 is 18.8 Å². The van der Waals surface area contributed by atoms with Crippen LogP contribution in [0.4, 0.5) is 0 Å². The maximum absolute atomic E-state index is 12.7. The van der Waals surface area contributed by atoms with Crippen molar-refractivity contribution in [2.24, 2.45) is 0 Å². The molecule has 3 aromatic rings. The average molecular weight is 392 g/mol. The fourth-order valence-corrected chi connectivity index (χ4v) is 3.04. The first-order valence-corrected chi connectivity index (χ1v) is 8.95. The molecule has 0 spiro atoms. The van der Waals surface area contributed by atoms with Crippen LogP contribution < -0.4 is 9.47 Å². The first-order valence-electron chi connectivity index (χ1n) is 8.95. The molecule has 0 unspecified atom stereocenters. The van der Waals surface area contributed by atoms with Crippen LogP contribution in [0, 0.1) is 11.3 Å². The Kier molecular flexibility index (Phi) is 6.15. The first kappa shape index (κ1) is 20.0. The van der Waals surface area contributed by atoms with E-state index in [2.05, 4.69) is 6.07 Å². The third-order valence-electron chi connectivity index (χ3n) is 4.48. The lowest BCUT2D eigenvalue weighted by atomic mass is 10.1. The lowest BCUT2D eigenvalue weighted by Gasteiger charge is -2.08. The van der Waals surface area contributed by atoms with Crippen molar-refractivity contribution in [2.75, 3.05) is 20.8 Å². The smallest absolute Gasteiger partial charge is 0.338 e. The number of carbonyl (C=O) groups excluding carboxylic acids is 2. The van der Waals surface area contributed by atoms with Gasteiger partial charge in [-0.05, 0) is 18.2 Å². The number of esters is 1. The predicted octanol–water partition coefficient (Wildman–Crippen LogP) is 3.61. The normalized spacial score (nSPS) is 10.4. The summed E-state index contributed by atoms with van der Waals surface area (Å²) in [6.07, 6.45) is 2.03. The van der Waals surface area contributed by atoms with Crippen LogP contribution in [0.2, 0.25) is 0 Å². The molecule has 0 fully saturated rings. The molecular formula is C22H20N2O5. The zero-order chi connectivity index (χ0) is 20.8. The Hall–Kier alpha value is -3.79. The number of para-hydroxylation sites is 1. The van der Waals surface area contributed by atoms with Crippen molar-refractivity contribution in [1.82, 2.24) is 4.57 Å². The monoisotopic (exact) mass is 392 g/mol. The summed E-state index contributed by atoms with van der Waals surface area (Å²) in [6, 6.07) is 14.2. The van der Waals surface area contributed by atoms with E-state index < -0.39 is 12.6 Å². The van der Waals surface area contributed by atoms with Crippen molar-refractivity contribution in [2.45, 2.75) is 13.0 Å². The van der Waals surface area contributed by atoms with Gasteiger partial charge in [0.15, 0.2) is 6.61 Å². The number of ether oxygens (including phenoxy) is 3. The van der Waals surface area contributed by atoms with E-state index in [1.165, 1.54) is 26.4 Å². The van der Waals surface area contributed by atoms with Gasteiger partial charge in [0.25, 0.3) is 0 Å². The molecule has 7 nitrogen and oxygen atoms in total. The molecule has 0 radical (unpaired) electrons. The van der Waals surface area contributed by atoms with Gasteiger partial charge in [-0.1, -0.05) is 18.2 Å². The van der Waals surface area contributed by atoms with Crippen molar-refractivity contribution in [3.8, 4) is 17.6 Å². The van der Waals surface area contributed by atoms with Crippen molar-refractivity contribution in [1.29, 1.82) is 5.26 Å². The van der Waals surface area contributed by atoms with Crippen LogP contribution in [-0.2, 0) is 11.3 Å². The third kappa shape index (κ3) is 4.38. The van der Waals surface area contributed by atoms with E-state index in [4.69, 9.17) is 19.5 Å². The van der Waals surface area contributed by atoms with E-state index >= 15 is 0 Å². The molecule has 3 rings (SSSR count). The number of aryl methyl sites for hydroxylation is 1. The molecule has 0 atom stereocenters. The molecule has 1 aromatic heterocycles. The lowest BCUT2D eigenvalue weighted by Crippen LogP contribution is -2.14. The van der Waals surface area contributed by atoms with Crippen molar-refractivity contribution in [3.05, 3.63) is 59.8 Å². The van der Waals surface area contributed by atoms with Gasteiger partial charge in [-0.25, -0.2) is 4.79 Å². The van der Waals surface area contributed by atoms with Crippen LogP contribution in [0.15, 0.2) is 48.7 Å². The van der Waals surface area contributed by atoms with E-state index in [9.17, 15) is 9.59 Å². The number of hydrogen-bond acceptors (Lipinski definition) is 6. The van der Waals surface area contributed by atoms with Crippen LogP contribution in [0.5, 0.6) is 11.5 Å². The number of benzene rings is 2. The highest BCUT2D eigenvalue weighted by atomic mass is 16.5. The molecule has 0 aliphatic heterocycles. The van der Waals surface area contributed by atoms with Crippen molar-refractivity contribution >= 4 is 22.7 Å². The van der Waals surface area contributed by atoms with Crippen LogP contribution in [0.1, 0.15) is 27.1 Å². The Bertz CT molecular complexity index is 1070. The number of Topliss-reactive ketones (excluding diaryl/α,β-unsaturated/α-hetero) is 1. The highest BCUT2D eigenvalue weighted by molar-refractivity contribution is 6.09. The number of ketones is 1. The summed E-state index contributed by atoms with van der Waals surface area (Å²) < 4.78 is 17.4. The summed E-state index contributed by atoms with van der Waals surface area (Å²) >= 11 is 0. The van der Waals surface area contributed by atoms with Crippen molar-refractivity contribution < 1.29 is 23.8 Å². The molecule has 0 N–H and O–H groups in total. The molecule has 29 heavy (non-hydrogen) atoms. The van der Waals surface area contributed by atoms with E-state index in [1.807, 2.05) is 28.8 Å². The first-order chi connectivity index (χ1) is 14.1. The van der Waals surface area contributed by atoms with Gasteiger partial charge in [-0.3, -0.25) is 4.79 Å². The second-order valence-corrected chi connectivity index (χ2v) is 6.26. The average Bonchev–Trinajstić information content (AvgIpc) is 3.14. The van der Waals surface area contributed by atoms with E-state index in [0.717, 1.165) is 10.9 Å². The zero-order valence-electron chi connectivity index (χ0n) is 16.2. The fraction of sp³-hybridized carbons (Fsp3) is 0.227. The van der Waals surface area contributed by atoms with Gasteiger partial charge in [0.2, 0.25) is 5.78 Å². The Labute approximate surface area is 168 Å². The number of aromatic nitrogens is 1. The molecule has 1 heterocycles. The largest absolute Gasteiger partial charge is 0.497 e. The Morgan fingerprint density at radius 2 is 1.76 bits per heavy atom. The second-order valence-electron chi connectivity index (χ2n) is 6.26. The minimum Gasteiger partial charge on any atom is -0.497 e. The van der Waals surface area contributed by atoms with Crippen molar-refractivity contribution in [3.63, 3.8) is 0 Å². The molecule has 7 heteroatoms. The van der Waals surface area contributed by atoms with Crippen LogP contribution in [-0.4, -0.2) is 37.1 Å². The molecule has 0 amide bonds. The Morgan fingerprint density at radius 3 is 2.41 bits per heavy atom. The molecular weight excluding hydrogens is 372 g/mol. The lowest BCUT2D eigenvalue weighted by molar-refractivity contribution is 0.0474. The predicted molar refractivity (Wildman–Crippen MR) is 106 cm³/mol. The number of rotatable bonds is 8. The number of fused-ring (bicyclic) bond motifs is 1. The summed E-state index contributed by atoms with van der Waals surface area (Å²) in [7, 11) is 2.96. The van der Waals surface area contributed by atoms with Crippen LogP contribution in [0.3, 0.4) is 0 Å². The fourth-order valence-electron chi connectivity index (χ4n) is 3.04. The number of nitrogens with zero attached hydrogens (tertiary/aromatic N) is 2.